The molecule has 4 heteroatoms. The summed E-state index contributed by atoms with van der Waals surface area (Å²) in [5.74, 6) is 1.21. The average Bonchev–Trinajstić information content (AvgIpc) is 2.74. The van der Waals surface area contributed by atoms with E-state index >= 15 is 0 Å². The molecule has 0 saturated heterocycles. The summed E-state index contributed by atoms with van der Waals surface area (Å²) >= 11 is 3.77. The lowest BCUT2D eigenvalue weighted by atomic mass is 10.0. The number of benzene rings is 3. The minimum absolute atomic E-state index is 0.485. The van der Waals surface area contributed by atoms with Gasteiger partial charge in [-0.05, 0) is 70.2 Å². The highest BCUT2D eigenvalue weighted by molar-refractivity contribution is 9.10. The van der Waals surface area contributed by atoms with Gasteiger partial charge in [0.2, 0.25) is 5.95 Å². The summed E-state index contributed by atoms with van der Waals surface area (Å²) in [6, 6.07) is 23.4. The molecule has 0 unspecified atom stereocenters. The van der Waals surface area contributed by atoms with Gasteiger partial charge < -0.3 is 4.90 Å². The standard InChI is InChI=1S/C26H26BrN3/c1-5-30(25-14-13-20(17(2)3)16-23(25)27)26-28-18(4)15-24(29-26)22-12-8-10-19-9-6-7-11-21(19)22/h6-17H,5H2,1-4H3. The van der Waals surface area contributed by atoms with Crippen molar-refractivity contribution in [2.24, 2.45) is 0 Å². The van der Waals surface area contributed by atoms with Gasteiger partial charge in [-0.25, -0.2) is 9.97 Å². The Bertz CT molecular complexity index is 1190. The fourth-order valence-electron chi connectivity index (χ4n) is 3.78. The molecule has 4 aromatic rings. The zero-order valence-corrected chi connectivity index (χ0v) is 19.4. The van der Waals surface area contributed by atoms with Gasteiger partial charge in [0.1, 0.15) is 0 Å². The zero-order chi connectivity index (χ0) is 21.3. The first-order valence-corrected chi connectivity index (χ1v) is 11.2. The quantitative estimate of drug-likeness (QED) is 0.306. The van der Waals surface area contributed by atoms with Crippen molar-refractivity contribution in [1.29, 1.82) is 0 Å². The molecule has 152 valence electrons. The molecule has 0 spiro atoms. The summed E-state index contributed by atoms with van der Waals surface area (Å²) in [4.78, 5) is 11.9. The van der Waals surface area contributed by atoms with E-state index in [9.17, 15) is 0 Å². The monoisotopic (exact) mass is 459 g/mol. The number of hydrogen-bond donors (Lipinski definition) is 0. The molecule has 4 rings (SSSR count). The fourth-order valence-corrected chi connectivity index (χ4v) is 4.39. The highest BCUT2D eigenvalue weighted by Gasteiger charge is 2.17. The van der Waals surface area contributed by atoms with Gasteiger partial charge in [-0.2, -0.15) is 0 Å². The fraction of sp³-hybridized carbons (Fsp3) is 0.231. The number of halogens is 1. The molecule has 3 nitrogen and oxygen atoms in total. The summed E-state index contributed by atoms with van der Waals surface area (Å²) in [7, 11) is 0. The number of aryl methyl sites for hydroxylation is 1. The van der Waals surface area contributed by atoms with Crippen LogP contribution in [-0.2, 0) is 0 Å². The summed E-state index contributed by atoms with van der Waals surface area (Å²) < 4.78 is 1.06. The summed E-state index contributed by atoms with van der Waals surface area (Å²) in [5, 5.41) is 2.42. The van der Waals surface area contributed by atoms with Gasteiger partial charge in [-0.15, -0.1) is 0 Å². The van der Waals surface area contributed by atoms with Crippen LogP contribution in [0, 0.1) is 6.92 Å². The second-order valence-electron chi connectivity index (χ2n) is 7.83. The molecule has 0 atom stereocenters. The van der Waals surface area contributed by atoms with Crippen LogP contribution in [0.15, 0.2) is 71.2 Å². The second kappa shape index (κ2) is 8.57. The molecule has 3 aromatic carbocycles. The Morgan fingerprint density at radius 2 is 1.70 bits per heavy atom. The van der Waals surface area contributed by atoms with E-state index < -0.39 is 0 Å². The lowest BCUT2D eigenvalue weighted by Gasteiger charge is -2.24. The van der Waals surface area contributed by atoms with Gasteiger partial charge in [-0.3, -0.25) is 0 Å². The Morgan fingerprint density at radius 3 is 2.43 bits per heavy atom. The van der Waals surface area contributed by atoms with Gasteiger partial charge in [-0.1, -0.05) is 62.4 Å². The Hall–Kier alpha value is -2.72. The van der Waals surface area contributed by atoms with Crippen molar-refractivity contribution in [3.8, 4) is 11.3 Å². The minimum atomic E-state index is 0.485. The highest BCUT2D eigenvalue weighted by atomic mass is 79.9. The maximum Gasteiger partial charge on any atom is 0.230 e. The number of rotatable bonds is 5. The van der Waals surface area contributed by atoms with E-state index in [2.05, 4.69) is 108 Å². The second-order valence-corrected chi connectivity index (χ2v) is 8.69. The van der Waals surface area contributed by atoms with Gasteiger partial charge in [0, 0.05) is 22.3 Å². The van der Waals surface area contributed by atoms with E-state index in [0.29, 0.717) is 5.92 Å². The molecule has 0 bridgehead atoms. The van der Waals surface area contributed by atoms with E-state index in [4.69, 9.17) is 9.97 Å². The Labute approximate surface area is 186 Å². The molecule has 0 aliphatic carbocycles. The van der Waals surface area contributed by atoms with Crippen LogP contribution < -0.4 is 4.90 Å². The lowest BCUT2D eigenvalue weighted by Crippen LogP contribution is -2.20. The van der Waals surface area contributed by atoms with E-state index in [1.165, 1.54) is 16.3 Å². The molecule has 0 aliphatic heterocycles. The number of nitrogens with zero attached hydrogens (tertiary/aromatic N) is 3. The van der Waals surface area contributed by atoms with Crippen LogP contribution in [0.2, 0.25) is 0 Å². The van der Waals surface area contributed by atoms with Gasteiger partial charge in [0.05, 0.1) is 11.4 Å². The third-order valence-corrected chi connectivity index (χ3v) is 6.03. The summed E-state index contributed by atoms with van der Waals surface area (Å²) in [5.41, 5.74) is 5.42. The Morgan fingerprint density at radius 1 is 0.933 bits per heavy atom. The molecule has 0 saturated carbocycles. The van der Waals surface area contributed by atoms with Gasteiger partial charge in [0.25, 0.3) is 0 Å². The first-order valence-electron chi connectivity index (χ1n) is 10.4. The van der Waals surface area contributed by atoms with Crippen molar-refractivity contribution in [3.05, 3.63) is 82.5 Å². The van der Waals surface area contributed by atoms with Gasteiger partial charge >= 0.3 is 0 Å². The molecular formula is C26H26BrN3. The SMILES string of the molecule is CCN(c1nc(C)cc(-c2cccc3ccccc23)n1)c1ccc(C(C)C)cc1Br. The number of fused-ring (bicyclic) bond motifs is 1. The molecule has 0 N–H and O–H groups in total. The molecule has 1 aromatic heterocycles. The van der Waals surface area contributed by atoms with E-state index in [0.717, 1.165) is 39.6 Å². The van der Waals surface area contributed by atoms with Crippen LogP contribution >= 0.6 is 15.9 Å². The number of aromatic nitrogens is 2. The van der Waals surface area contributed by atoms with E-state index in [1.807, 2.05) is 6.92 Å². The van der Waals surface area contributed by atoms with Crippen LogP contribution in [0.25, 0.3) is 22.0 Å². The van der Waals surface area contributed by atoms with Crippen molar-refractivity contribution in [2.75, 3.05) is 11.4 Å². The van der Waals surface area contributed by atoms with Crippen molar-refractivity contribution in [3.63, 3.8) is 0 Å². The zero-order valence-electron chi connectivity index (χ0n) is 17.9. The number of anilines is 2. The lowest BCUT2D eigenvalue weighted by molar-refractivity contribution is 0.863. The Balaban J connectivity index is 1.83. The maximum atomic E-state index is 4.99. The Kier molecular flexibility index (Phi) is 5.87. The van der Waals surface area contributed by atoms with Crippen LogP contribution in [0.5, 0.6) is 0 Å². The van der Waals surface area contributed by atoms with E-state index in [-0.39, 0.29) is 0 Å². The highest BCUT2D eigenvalue weighted by Crippen LogP contribution is 2.34. The van der Waals surface area contributed by atoms with Crippen molar-refractivity contribution >= 4 is 38.3 Å². The predicted octanol–water partition coefficient (Wildman–Crippen LogP) is 7.65. The molecule has 1 heterocycles. The normalized spacial score (nSPS) is 11.3. The number of hydrogen-bond acceptors (Lipinski definition) is 3. The van der Waals surface area contributed by atoms with Crippen LogP contribution in [-0.4, -0.2) is 16.5 Å². The van der Waals surface area contributed by atoms with E-state index in [1.54, 1.807) is 0 Å². The minimum Gasteiger partial charge on any atom is -0.310 e. The summed E-state index contributed by atoms with van der Waals surface area (Å²) in [6.07, 6.45) is 0. The van der Waals surface area contributed by atoms with Crippen molar-refractivity contribution < 1.29 is 0 Å². The maximum absolute atomic E-state index is 4.99. The van der Waals surface area contributed by atoms with Crippen LogP contribution in [0.3, 0.4) is 0 Å². The van der Waals surface area contributed by atoms with Crippen LogP contribution in [0.4, 0.5) is 11.6 Å². The summed E-state index contributed by atoms with van der Waals surface area (Å²) in [6.45, 7) is 9.35. The van der Waals surface area contributed by atoms with Crippen LogP contribution in [0.1, 0.15) is 37.9 Å². The van der Waals surface area contributed by atoms with Crippen molar-refractivity contribution in [2.45, 2.75) is 33.6 Å². The third-order valence-electron chi connectivity index (χ3n) is 5.39. The first kappa shape index (κ1) is 20.5. The first-order chi connectivity index (χ1) is 14.5. The predicted molar refractivity (Wildman–Crippen MR) is 131 cm³/mol. The third kappa shape index (κ3) is 3.97. The average molecular weight is 460 g/mol. The molecule has 0 radical (unpaired) electrons. The smallest absolute Gasteiger partial charge is 0.230 e. The molecular weight excluding hydrogens is 434 g/mol. The van der Waals surface area contributed by atoms with Gasteiger partial charge in [0.15, 0.2) is 0 Å². The topological polar surface area (TPSA) is 29.0 Å². The molecule has 30 heavy (non-hydrogen) atoms. The van der Waals surface area contributed by atoms with Crippen molar-refractivity contribution in [1.82, 2.24) is 9.97 Å². The molecule has 0 amide bonds. The largest absolute Gasteiger partial charge is 0.310 e. The molecule has 0 fully saturated rings. The molecule has 0 aliphatic rings.